The SMILES string of the molecule is CCCCCCCCOc1cc2c3cc(OCCCCCCCC)c(OCCCCCCCC)cc3c3nc4cc(OCCCCCCOc5cc6nc7c8cc(OCCCCCCCC)c(OCCCCCCCC)cc8c8cc(OCCCCCCCC)c(OCCCCCCCC)cc8c7nc6cc5OCCCCCC)c(OCCCCCC)cc4nc3c2cc1OCCCCCCCC. The summed E-state index contributed by atoms with van der Waals surface area (Å²) in [7, 11) is 0. The molecule has 2 aromatic heterocycles. The third-order valence-corrected chi connectivity index (χ3v) is 27.5. The van der Waals surface area contributed by atoms with Gasteiger partial charge >= 0.3 is 0 Å². The van der Waals surface area contributed by atoms with E-state index >= 15 is 0 Å². The Balaban J connectivity index is 0.974. The number of aromatic nitrogens is 4. The smallest absolute Gasteiger partial charge is 0.163 e. The van der Waals surface area contributed by atoms with E-state index in [0.29, 0.717) is 102 Å². The van der Waals surface area contributed by atoms with E-state index in [0.717, 1.165) is 313 Å². The highest BCUT2D eigenvalue weighted by molar-refractivity contribution is 6.26. The fraction of sp³-hybridized carbons (Fsp3) is 0.672. The number of nitrogens with zero attached hydrogens (tertiary/aromatic N) is 4. The highest BCUT2D eigenvalue weighted by atomic mass is 16.5. The van der Waals surface area contributed by atoms with Gasteiger partial charge in [0.25, 0.3) is 0 Å². The maximum absolute atomic E-state index is 6.94. The van der Waals surface area contributed by atoms with Crippen LogP contribution in [0.5, 0.6) is 69.0 Å². The van der Waals surface area contributed by atoms with Gasteiger partial charge in [-0.2, -0.15) is 0 Å². The zero-order chi connectivity index (χ0) is 96.9. The van der Waals surface area contributed by atoms with Crippen LogP contribution in [0, 0.1) is 0 Å². The van der Waals surface area contributed by atoms with E-state index in [4.69, 9.17) is 76.8 Å². The highest BCUT2D eigenvalue weighted by Crippen LogP contribution is 2.49. The average molecular weight is 1900 g/mol. The summed E-state index contributed by atoms with van der Waals surface area (Å²) >= 11 is 0. The largest absolute Gasteiger partial charge is 0.490 e. The van der Waals surface area contributed by atoms with Gasteiger partial charge in [-0.25, -0.2) is 19.9 Å². The first-order valence-electron chi connectivity index (χ1n) is 57.2. The molecule has 0 atom stereocenters. The topological polar surface area (TPSA) is 162 Å². The normalized spacial score (nSPS) is 11.8. The van der Waals surface area contributed by atoms with Crippen molar-refractivity contribution in [2.24, 2.45) is 0 Å². The molecule has 0 fully saturated rings. The molecule has 0 aliphatic heterocycles. The van der Waals surface area contributed by atoms with E-state index in [1.165, 1.54) is 205 Å². The van der Waals surface area contributed by atoms with Crippen LogP contribution in [0.2, 0.25) is 0 Å². The van der Waals surface area contributed by atoms with Gasteiger partial charge in [0, 0.05) is 45.8 Å². The van der Waals surface area contributed by atoms with Crippen LogP contribution in [0.25, 0.3) is 87.2 Å². The summed E-state index contributed by atoms with van der Waals surface area (Å²) in [5, 5.41) is 7.88. The maximum Gasteiger partial charge on any atom is 0.163 e. The van der Waals surface area contributed by atoms with E-state index in [-0.39, 0.29) is 0 Å². The highest BCUT2D eigenvalue weighted by Gasteiger charge is 2.26. The summed E-state index contributed by atoms with van der Waals surface area (Å²) in [4.78, 5) is 22.8. The minimum Gasteiger partial charge on any atom is -0.490 e. The standard InChI is InChI=1S/C122H186N4O12/c1-11-21-31-41-49-61-73-127-107-83-95-97-85-109(129-75-63-51-43-33-23-13-3)113(133-79-67-55-47-37-27-17-7)89-101(97)121-119(99(95)87-111(107)131-77-65-53-45-35-25-15-5)123-103-91-115(135-71-59-39-29-19-9)117(93-105(103)125-121)137-81-69-57-58-70-82-138-118-94-106-104(92-116(118)136-72-60-40-30-20-10)124-120-100-88-112(132-78-66-54-46-36-26-16-6)108(128-74-62-50-42-32-22-12-2)84-96(100)98-86-110(130-76-64-52-44-34-24-14-4)114(90-102(98)122(120)126-106)134-80-68-56-48-38-28-18-8/h83-94H,11-82H2,1-10H3. The zero-order valence-corrected chi connectivity index (χ0v) is 88.5. The summed E-state index contributed by atoms with van der Waals surface area (Å²) in [6.45, 7) is 29.7. The molecule has 8 aromatic carbocycles. The van der Waals surface area contributed by atoms with Crippen molar-refractivity contribution in [1.82, 2.24) is 19.9 Å². The summed E-state index contributed by atoms with van der Waals surface area (Å²) in [5.74, 6) is 8.74. The van der Waals surface area contributed by atoms with Gasteiger partial charge in [0.2, 0.25) is 0 Å². The van der Waals surface area contributed by atoms with Crippen LogP contribution in [-0.4, -0.2) is 99.2 Å². The first-order valence-corrected chi connectivity index (χ1v) is 57.2. The van der Waals surface area contributed by atoms with Crippen molar-refractivity contribution in [3.63, 3.8) is 0 Å². The zero-order valence-electron chi connectivity index (χ0n) is 88.5. The predicted octanol–water partition coefficient (Wildman–Crippen LogP) is 37.3. The van der Waals surface area contributed by atoms with Crippen LogP contribution in [0.4, 0.5) is 0 Å². The van der Waals surface area contributed by atoms with Gasteiger partial charge in [-0.15, -0.1) is 0 Å². The Morgan fingerprint density at radius 3 is 0.355 bits per heavy atom. The maximum atomic E-state index is 6.94. The summed E-state index contributed by atoms with van der Waals surface area (Å²) < 4.78 is 82.8. The molecule has 2 heterocycles. The summed E-state index contributed by atoms with van der Waals surface area (Å²) in [6.07, 6.45) is 68.7. The monoisotopic (exact) mass is 1900 g/mol. The molecule has 0 spiro atoms. The van der Waals surface area contributed by atoms with Crippen LogP contribution < -0.4 is 56.8 Å². The quantitative estimate of drug-likeness (QED) is 0.0201. The van der Waals surface area contributed by atoms with E-state index in [1.54, 1.807) is 0 Å². The third kappa shape index (κ3) is 37.8. The second kappa shape index (κ2) is 67.9. The number of hydrogen-bond acceptors (Lipinski definition) is 16. The van der Waals surface area contributed by atoms with Crippen molar-refractivity contribution < 1.29 is 56.8 Å². The van der Waals surface area contributed by atoms with Crippen LogP contribution >= 0.6 is 0 Å². The van der Waals surface area contributed by atoms with Crippen molar-refractivity contribution in [3.8, 4) is 69.0 Å². The number of benzene rings is 8. The van der Waals surface area contributed by atoms with Gasteiger partial charge in [0.1, 0.15) is 0 Å². The van der Waals surface area contributed by atoms with E-state index in [1.807, 2.05) is 0 Å². The lowest BCUT2D eigenvalue weighted by molar-refractivity contribution is 0.251. The number of hydrogen-bond donors (Lipinski definition) is 0. The number of unbranched alkanes of at least 4 members (excludes halogenated alkanes) is 49. The molecule has 766 valence electrons. The molecule has 0 unspecified atom stereocenters. The number of ether oxygens (including phenoxy) is 12. The summed E-state index contributed by atoms with van der Waals surface area (Å²) in [5.41, 5.74) is 6.09. The molecule has 138 heavy (non-hydrogen) atoms. The van der Waals surface area contributed by atoms with Gasteiger partial charge in [-0.3, -0.25) is 0 Å². The van der Waals surface area contributed by atoms with Crippen molar-refractivity contribution in [2.45, 2.75) is 454 Å². The van der Waals surface area contributed by atoms with E-state index in [9.17, 15) is 0 Å². The number of rotatable bonds is 85. The Labute approximate surface area is 834 Å². The predicted molar refractivity (Wildman–Crippen MR) is 584 cm³/mol. The molecule has 0 amide bonds. The lowest BCUT2D eigenvalue weighted by Crippen LogP contribution is -2.05. The second-order valence-corrected chi connectivity index (χ2v) is 39.7. The molecule has 10 aromatic rings. The Morgan fingerprint density at radius 2 is 0.225 bits per heavy atom. The lowest BCUT2D eigenvalue weighted by Gasteiger charge is -2.19. The van der Waals surface area contributed by atoms with Crippen LogP contribution in [0.15, 0.2) is 72.8 Å². The molecular weight excluding hydrogens is 1710 g/mol. The Kier molecular flexibility index (Phi) is 54.9. The summed E-state index contributed by atoms with van der Waals surface area (Å²) in [6, 6.07) is 25.9. The minimum atomic E-state index is 0.498. The first-order chi connectivity index (χ1) is 68.2. The molecule has 0 saturated carbocycles. The molecule has 0 saturated heterocycles. The van der Waals surface area contributed by atoms with Crippen molar-refractivity contribution >= 4 is 87.2 Å². The van der Waals surface area contributed by atoms with Gasteiger partial charge in [-0.05, 0) is 160 Å². The van der Waals surface area contributed by atoms with E-state index < -0.39 is 0 Å². The molecule has 0 aliphatic rings. The molecule has 16 nitrogen and oxygen atoms in total. The van der Waals surface area contributed by atoms with Gasteiger partial charge in [-0.1, -0.05) is 365 Å². The van der Waals surface area contributed by atoms with Gasteiger partial charge < -0.3 is 56.8 Å². The molecule has 10 rings (SSSR count). The van der Waals surface area contributed by atoms with Crippen LogP contribution in [-0.2, 0) is 0 Å². The van der Waals surface area contributed by atoms with Gasteiger partial charge in [0.05, 0.1) is 123 Å². The first kappa shape index (κ1) is 112. The second-order valence-electron chi connectivity index (χ2n) is 39.7. The van der Waals surface area contributed by atoms with E-state index in [2.05, 4.69) is 142 Å². The molecule has 0 radical (unpaired) electrons. The number of fused-ring (bicyclic) bond motifs is 14. The molecule has 0 bridgehead atoms. The van der Waals surface area contributed by atoms with Crippen molar-refractivity contribution in [1.29, 1.82) is 0 Å². The molecule has 0 aliphatic carbocycles. The Bertz CT molecular complexity index is 4720. The molecule has 16 heteroatoms. The Hall–Kier alpha value is -8.40. The van der Waals surface area contributed by atoms with Crippen LogP contribution in [0.3, 0.4) is 0 Å². The third-order valence-electron chi connectivity index (χ3n) is 27.5. The average Bonchev–Trinajstić information content (AvgIpc) is 0.725. The fourth-order valence-electron chi connectivity index (χ4n) is 19.0. The molecular formula is C122H186N4O12. The van der Waals surface area contributed by atoms with Crippen molar-refractivity contribution in [3.05, 3.63) is 72.8 Å². The minimum absolute atomic E-state index is 0.498. The fourth-order valence-corrected chi connectivity index (χ4v) is 19.0. The van der Waals surface area contributed by atoms with Crippen LogP contribution in [0.1, 0.15) is 454 Å². The van der Waals surface area contributed by atoms with Crippen molar-refractivity contribution in [2.75, 3.05) is 79.3 Å². The lowest BCUT2D eigenvalue weighted by atomic mass is 9.97. The Morgan fingerprint density at radius 1 is 0.123 bits per heavy atom. The molecule has 0 N–H and O–H groups in total. The van der Waals surface area contributed by atoms with Gasteiger partial charge in [0.15, 0.2) is 69.0 Å².